The van der Waals surface area contributed by atoms with Gasteiger partial charge in [-0.25, -0.2) is 0 Å². The normalized spacial score (nSPS) is 11.1. The molecule has 0 aliphatic heterocycles. The van der Waals surface area contributed by atoms with Gasteiger partial charge in [0.1, 0.15) is 24.0 Å². The molecule has 0 saturated carbocycles. The van der Waals surface area contributed by atoms with E-state index in [1.807, 2.05) is 0 Å². The van der Waals surface area contributed by atoms with Gasteiger partial charge in [0.25, 0.3) is 23.3 Å². The summed E-state index contributed by atoms with van der Waals surface area (Å²) in [5.41, 5.74) is 4.71. The van der Waals surface area contributed by atoms with Crippen LogP contribution in [0, 0.1) is 0 Å². The smallest absolute Gasteiger partial charge is 0.287 e. The largest absolute Gasteiger partial charge is 0.364 e. The number of primary amides is 1. The first kappa shape index (κ1) is 29.2. The van der Waals surface area contributed by atoms with Crippen molar-refractivity contribution in [3.63, 3.8) is 0 Å². The van der Waals surface area contributed by atoms with Gasteiger partial charge in [-0.1, -0.05) is 13.5 Å². The number of allylic oxidation sites excluding steroid dienone is 1. The summed E-state index contributed by atoms with van der Waals surface area (Å²) in [6, 6.07) is 2.56. The number of nitrogens with one attached hydrogen (secondary N) is 5. The average Bonchev–Trinajstić information content (AvgIpc) is 3.39. The molecule has 0 radical (unpaired) electrons. The summed E-state index contributed by atoms with van der Waals surface area (Å²) in [6.45, 7) is 5.14. The van der Waals surface area contributed by atoms with E-state index in [9.17, 15) is 33.6 Å². The number of aromatic nitrogens is 2. The molecule has 2 aromatic heterocycles. The molecular weight excluding hydrogens is 498 g/mol. The second-order valence-electron chi connectivity index (χ2n) is 8.08. The van der Waals surface area contributed by atoms with Gasteiger partial charge in [-0.2, -0.15) is 0 Å². The number of amides is 5. The maximum absolute atomic E-state index is 13.1. The lowest BCUT2D eigenvalue weighted by molar-refractivity contribution is -0.137. The van der Waals surface area contributed by atoms with Crippen LogP contribution in [0.4, 0.5) is 5.69 Å². The lowest BCUT2D eigenvalue weighted by atomic mass is 10.1. The molecule has 14 nitrogen and oxygen atoms in total. The number of pyridine rings is 1. The van der Waals surface area contributed by atoms with Crippen molar-refractivity contribution < 1.29 is 28.8 Å². The van der Waals surface area contributed by atoms with Crippen LogP contribution in [-0.2, 0) is 25.7 Å². The summed E-state index contributed by atoms with van der Waals surface area (Å²) in [7, 11) is 1.27. The summed E-state index contributed by atoms with van der Waals surface area (Å²) in [4.78, 5) is 88.1. The molecule has 5 amide bonds. The monoisotopic (exact) mass is 527 g/mol. The number of aromatic amines is 1. The van der Waals surface area contributed by atoms with E-state index in [-0.39, 0.29) is 29.9 Å². The van der Waals surface area contributed by atoms with E-state index in [0.717, 1.165) is 4.57 Å². The third-order valence-corrected chi connectivity index (χ3v) is 5.31. The fourth-order valence-corrected chi connectivity index (χ4v) is 3.16. The molecule has 0 aromatic carbocycles. The van der Waals surface area contributed by atoms with Crippen LogP contribution >= 0.6 is 0 Å². The molecule has 2 rings (SSSR count). The van der Waals surface area contributed by atoms with Crippen molar-refractivity contribution in [3.05, 3.63) is 64.5 Å². The van der Waals surface area contributed by atoms with E-state index in [2.05, 4.69) is 32.8 Å². The predicted octanol–water partition coefficient (Wildman–Crippen LogP) is -0.852. The quantitative estimate of drug-likeness (QED) is 0.181. The lowest BCUT2D eigenvalue weighted by Crippen LogP contribution is -2.45. The van der Waals surface area contributed by atoms with E-state index < -0.39 is 53.3 Å². The number of ketones is 1. The number of anilines is 1. The van der Waals surface area contributed by atoms with Crippen molar-refractivity contribution in [3.8, 4) is 0 Å². The Labute approximate surface area is 217 Å². The fraction of sp³-hybridized carbons (Fsp3) is 0.292. The highest BCUT2D eigenvalue weighted by Crippen LogP contribution is 2.08. The molecule has 14 heteroatoms. The van der Waals surface area contributed by atoms with Gasteiger partial charge < -0.3 is 36.6 Å². The van der Waals surface area contributed by atoms with Crippen LogP contribution in [0.5, 0.6) is 0 Å². The molecule has 2 heterocycles. The number of hydrogen-bond donors (Lipinski definition) is 6. The van der Waals surface area contributed by atoms with Crippen molar-refractivity contribution in [2.75, 3.05) is 12.4 Å². The number of likely N-dealkylation sites (N-methyl/N-ethyl adjacent to an activating group) is 1. The maximum Gasteiger partial charge on any atom is 0.287 e. The SMILES string of the molecule is C=C(CC)NC(=O)Cn1cccc(NC(=O)C(CCC(=O)C(=O)NC)NC(=O)c2c[nH]c(C(N)=O)c2)c1=O. The minimum atomic E-state index is -1.35. The Morgan fingerprint density at radius 1 is 1.18 bits per heavy atom. The molecule has 1 unspecified atom stereocenters. The molecule has 0 aliphatic rings. The highest BCUT2D eigenvalue weighted by molar-refractivity contribution is 6.36. The van der Waals surface area contributed by atoms with Crippen LogP contribution in [0.25, 0.3) is 0 Å². The Hall–Kier alpha value is -5.01. The van der Waals surface area contributed by atoms with E-state index in [1.54, 1.807) is 6.92 Å². The highest BCUT2D eigenvalue weighted by Gasteiger charge is 2.25. The van der Waals surface area contributed by atoms with Gasteiger partial charge in [0.2, 0.25) is 17.6 Å². The molecular formula is C24H29N7O7. The van der Waals surface area contributed by atoms with Crippen molar-refractivity contribution in [1.29, 1.82) is 0 Å². The molecule has 0 spiro atoms. The lowest BCUT2D eigenvalue weighted by Gasteiger charge is -2.18. The summed E-state index contributed by atoms with van der Waals surface area (Å²) in [6.07, 6.45) is 2.40. The topological polar surface area (TPSA) is 214 Å². The Kier molecular flexibility index (Phi) is 10.3. The molecule has 1 atom stereocenters. The maximum atomic E-state index is 13.1. The second-order valence-corrected chi connectivity index (χ2v) is 8.08. The van der Waals surface area contributed by atoms with Gasteiger partial charge in [-0.05, 0) is 31.0 Å². The first-order chi connectivity index (χ1) is 18.0. The molecule has 0 aliphatic carbocycles. The van der Waals surface area contributed by atoms with E-state index in [4.69, 9.17) is 5.73 Å². The van der Waals surface area contributed by atoms with Crippen LogP contribution in [0.15, 0.2) is 47.7 Å². The number of Topliss-reactive ketones (excluding diaryl/α,β-unsaturated/α-hetero) is 1. The van der Waals surface area contributed by atoms with Crippen molar-refractivity contribution in [1.82, 2.24) is 25.5 Å². The van der Waals surface area contributed by atoms with Crippen molar-refractivity contribution in [2.45, 2.75) is 38.8 Å². The number of hydrogen-bond acceptors (Lipinski definition) is 7. The highest BCUT2D eigenvalue weighted by atomic mass is 16.2. The molecule has 0 saturated heterocycles. The minimum absolute atomic E-state index is 0.0176. The van der Waals surface area contributed by atoms with Gasteiger partial charge in [0, 0.05) is 31.6 Å². The predicted molar refractivity (Wildman–Crippen MR) is 136 cm³/mol. The zero-order valence-electron chi connectivity index (χ0n) is 20.9. The van der Waals surface area contributed by atoms with Crippen LogP contribution < -0.4 is 32.6 Å². The van der Waals surface area contributed by atoms with E-state index >= 15 is 0 Å². The number of H-pyrrole nitrogens is 1. The summed E-state index contributed by atoms with van der Waals surface area (Å²) in [5, 5.41) is 9.54. The van der Waals surface area contributed by atoms with Crippen LogP contribution in [-0.4, -0.2) is 58.0 Å². The minimum Gasteiger partial charge on any atom is -0.364 e. The molecule has 2 aromatic rings. The fourth-order valence-electron chi connectivity index (χ4n) is 3.16. The van der Waals surface area contributed by atoms with Gasteiger partial charge in [0.05, 0.1) is 5.56 Å². The standard InChI is InChI=1S/C24H29N7O7/c1-4-13(2)28-19(33)12-31-9-5-6-16(24(31)38)30-22(36)15(7-8-18(32)23(37)26-3)29-21(35)14-10-17(20(25)34)27-11-14/h5-6,9-11,15,27H,2,4,7-8,12H2,1,3H3,(H2,25,34)(H,26,37)(H,28,33)(H,29,35)(H,30,36). The molecule has 202 valence electrons. The Balaban J connectivity index is 2.23. The Morgan fingerprint density at radius 3 is 2.50 bits per heavy atom. The number of rotatable bonds is 13. The van der Waals surface area contributed by atoms with Crippen LogP contribution in [0.2, 0.25) is 0 Å². The zero-order valence-corrected chi connectivity index (χ0v) is 20.9. The first-order valence-corrected chi connectivity index (χ1v) is 11.5. The first-order valence-electron chi connectivity index (χ1n) is 11.5. The number of carbonyl (C=O) groups is 6. The van der Waals surface area contributed by atoms with Gasteiger partial charge in [0.15, 0.2) is 0 Å². The van der Waals surface area contributed by atoms with Gasteiger partial charge in [-0.3, -0.25) is 33.6 Å². The second kappa shape index (κ2) is 13.3. The van der Waals surface area contributed by atoms with Gasteiger partial charge >= 0.3 is 0 Å². The van der Waals surface area contributed by atoms with E-state index in [0.29, 0.717) is 12.1 Å². The number of nitrogens with zero attached hydrogens (tertiary/aromatic N) is 1. The summed E-state index contributed by atoms with van der Waals surface area (Å²) >= 11 is 0. The molecule has 0 bridgehead atoms. The van der Waals surface area contributed by atoms with Crippen molar-refractivity contribution in [2.24, 2.45) is 5.73 Å². The third kappa shape index (κ3) is 8.01. The zero-order chi connectivity index (χ0) is 28.4. The summed E-state index contributed by atoms with van der Waals surface area (Å²) in [5.74, 6) is -4.61. The molecule has 7 N–H and O–H groups in total. The number of carbonyl (C=O) groups excluding carboxylic acids is 6. The Morgan fingerprint density at radius 2 is 1.89 bits per heavy atom. The number of nitrogens with two attached hydrogens (primary N) is 1. The van der Waals surface area contributed by atoms with Crippen LogP contribution in [0.3, 0.4) is 0 Å². The molecule has 38 heavy (non-hydrogen) atoms. The van der Waals surface area contributed by atoms with Crippen molar-refractivity contribution >= 4 is 41.0 Å². The summed E-state index contributed by atoms with van der Waals surface area (Å²) < 4.78 is 1.07. The van der Waals surface area contributed by atoms with E-state index in [1.165, 1.54) is 37.6 Å². The molecule has 0 fully saturated rings. The van der Waals surface area contributed by atoms with Gasteiger partial charge in [-0.15, -0.1) is 0 Å². The third-order valence-electron chi connectivity index (χ3n) is 5.31. The van der Waals surface area contributed by atoms with Crippen LogP contribution in [0.1, 0.15) is 47.0 Å². The Bertz CT molecular complexity index is 1330. The average molecular weight is 528 g/mol.